The average molecular weight is 263 g/mol. The second-order valence-electron chi connectivity index (χ2n) is 2.97. The van der Waals surface area contributed by atoms with Crippen LogP contribution >= 0.6 is 0 Å². The molecule has 14 heavy (non-hydrogen) atoms. The molecule has 1 aromatic rings. The summed E-state index contributed by atoms with van der Waals surface area (Å²) < 4.78 is 8.61. The molecular formula is C9H15BrN2O2. The van der Waals surface area contributed by atoms with E-state index in [0.717, 1.165) is 6.42 Å². The topological polar surface area (TPSA) is 35.1 Å². The molecule has 0 spiro atoms. The number of esters is 1. The normalized spacial score (nSPS) is 9.29. The Bertz CT molecular complexity index is 286. The standard InChI is InChI=1S/C9H15N2O2.BrH/c1-3-6-13-9(12)7-11-5-4-10(2)8-11;/h4-5,8H,3,6-7H2,1-2H3;1H/q+1;/p-1. The highest BCUT2D eigenvalue weighted by Gasteiger charge is 2.07. The molecule has 0 saturated carbocycles. The molecule has 0 atom stereocenters. The predicted molar refractivity (Wildman–Crippen MR) is 46.9 cm³/mol. The second-order valence-corrected chi connectivity index (χ2v) is 2.97. The Labute approximate surface area is 94.3 Å². The fourth-order valence-electron chi connectivity index (χ4n) is 1.01. The molecule has 80 valence electrons. The highest BCUT2D eigenvalue weighted by Crippen LogP contribution is 1.84. The Kier molecular flexibility index (Phi) is 6.19. The van der Waals surface area contributed by atoms with Crippen molar-refractivity contribution in [1.82, 2.24) is 4.57 Å². The molecule has 0 saturated heterocycles. The van der Waals surface area contributed by atoms with Crippen LogP contribution in [0.3, 0.4) is 0 Å². The van der Waals surface area contributed by atoms with Crippen LogP contribution in [0.4, 0.5) is 0 Å². The van der Waals surface area contributed by atoms with Crippen LogP contribution in [0.1, 0.15) is 13.3 Å². The first-order valence-electron chi connectivity index (χ1n) is 4.39. The van der Waals surface area contributed by atoms with Crippen molar-refractivity contribution in [1.29, 1.82) is 0 Å². The van der Waals surface area contributed by atoms with E-state index >= 15 is 0 Å². The van der Waals surface area contributed by atoms with Crippen LogP contribution < -0.4 is 21.5 Å². The van der Waals surface area contributed by atoms with Crippen molar-refractivity contribution >= 4 is 5.97 Å². The molecule has 0 aliphatic carbocycles. The van der Waals surface area contributed by atoms with Crippen molar-refractivity contribution < 1.29 is 31.1 Å². The van der Waals surface area contributed by atoms with E-state index in [2.05, 4.69) is 0 Å². The Morgan fingerprint density at radius 2 is 2.29 bits per heavy atom. The van der Waals surface area contributed by atoms with Gasteiger partial charge in [-0.05, 0) is 6.42 Å². The number of rotatable bonds is 4. The number of aryl methyl sites for hydroxylation is 1. The molecule has 0 unspecified atom stereocenters. The third-order valence-electron chi connectivity index (χ3n) is 1.60. The molecule has 0 bridgehead atoms. The van der Waals surface area contributed by atoms with Crippen LogP contribution in [0.5, 0.6) is 0 Å². The van der Waals surface area contributed by atoms with E-state index in [1.54, 1.807) is 4.57 Å². The maximum atomic E-state index is 11.1. The zero-order chi connectivity index (χ0) is 9.68. The summed E-state index contributed by atoms with van der Waals surface area (Å²) in [5.41, 5.74) is 0. The van der Waals surface area contributed by atoms with Crippen LogP contribution in [-0.2, 0) is 23.1 Å². The number of hydrogen-bond acceptors (Lipinski definition) is 2. The summed E-state index contributed by atoms with van der Waals surface area (Å²) in [5.74, 6) is -0.182. The lowest BCUT2D eigenvalue weighted by molar-refractivity contribution is -0.685. The first-order chi connectivity index (χ1) is 6.22. The number of carbonyl (C=O) groups excluding carboxylic acids is 1. The van der Waals surface area contributed by atoms with Gasteiger partial charge in [-0.1, -0.05) is 6.92 Å². The number of hydrogen-bond donors (Lipinski definition) is 0. The number of ether oxygens (including phenoxy) is 1. The molecule has 1 rings (SSSR count). The number of imidazole rings is 1. The molecule has 0 aromatic carbocycles. The van der Waals surface area contributed by atoms with Crippen LogP contribution in [0.15, 0.2) is 18.7 Å². The Morgan fingerprint density at radius 3 is 2.79 bits per heavy atom. The van der Waals surface area contributed by atoms with Crippen molar-refractivity contribution in [2.75, 3.05) is 6.61 Å². The third kappa shape index (κ3) is 4.41. The van der Waals surface area contributed by atoms with Crippen LogP contribution in [-0.4, -0.2) is 17.1 Å². The fraction of sp³-hybridized carbons (Fsp3) is 0.556. The van der Waals surface area contributed by atoms with E-state index in [4.69, 9.17) is 4.74 Å². The molecule has 0 amide bonds. The Morgan fingerprint density at radius 1 is 1.57 bits per heavy atom. The van der Waals surface area contributed by atoms with Crippen molar-refractivity contribution in [2.45, 2.75) is 19.9 Å². The van der Waals surface area contributed by atoms with Gasteiger partial charge in [0.15, 0.2) is 6.54 Å². The van der Waals surface area contributed by atoms with Gasteiger partial charge < -0.3 is 21.7 Å². The molecule has 1 aromatic heterocycles. The number of aromatic nitrogens is 2. The van der Waals surface area contributed by atoms with Gasteiger partial charge >= 0.3 is 5.97 Å². The van der Waals surface area contributed by atoms with Crippen LogP contribution in [0.25, 0.3) is 0 Å². The minimum atomic E-state index is -0.182. The molecule has 4 nitrogen and oxygen atoms in total. The monoisotopic (exact) mass is 262 g/mol. The van der Waals surface area contributed by atoms with Gasteiger partial charge in [0.2, 0.25) is 6.33 Å². The van der Waals surface area contributed by atoms with E-state index < -0.39 is 0 Å². The maximum Gasteiger partial charge on any atom is 0.348 e. The summed E-state index contributed by atoms with van der Waals surface area (Å²) >= 11 is 0. The molecule has 0 aliphatic rings. The summed E-state index contributed by atoms with van der Waals surface area (Å²) in [6.07, 6.45) is 6.43. The molecule has 0 radical (unpaired) electrons. The van der Waals surface area contributed by atoms with E-state index in [1.165, 1.54) is 0 Å². The van der Waals surface area contributed by atoms with Crippen LogP contribution in [0, 0.1) is 0 Å². The van der Waals surface area contributed by atoms with Gasteiger partial charge in [0.05, 0.1) is 13.7 Å². The minimum Gasteiger partial charge on any atom is -1.00 e. The second kappa shape index (κ2) is 6.59. The smallest absolute Gasteiger partial charge is 0.348 e. The minimum absolute atomic E-state index is 0. The zero-order valence-corrected chi connectivity index (χ0v) is 10.0. The highest BCUT2D eigenvalue weighted by atomic mass is 79.9. The number of carbonyl (C=O) groups is 1. The average Bonchev–Trinajstić information content (AvgIpc) is 2.48. The van der Waals surface area contributed by atoms with Gasteiger partial charge in [-0.2, -0.15) is 0 Å². The van der Waals surface area contributed by atoms with Gasteiger partial charge in [-0.15, -0.1) is 0 Å². The Hall–Kier alpha value is -0.840. The fourth-order valence-corrected chi connectivity index (χ4v) is 1.01. The quantitative estimate of drug-likeness (QED) is 0.437. The van der Waals surface area contributed by atoms with Crippen LogP contribution in [0.2, 0.25) is 0 Å². The maximum absolute atomic E-state index is 11.1. The van der Waals surface area contributed by atoms with Gasteiger partial charge in [-0.25, -0.2) is 13.9 Å². The predicted octanol–water partition coefficient (Wildman–Crippen LogP) is -2.73. The van der Waals surface area contributed by atoms with Gasteiger partial charge in [-0.3, -0.25) is 0 Å². The van der Waals surface area contributed by atoms with Gasteiger partial charge in [0.25, 0.3) is 0 Å². The van der Waals surface area contributed by atoms with E-state index in [0.29, 0.717) is 13.2 Å². The van der Waals surface area contributed by atoms with Crippen molar-refractivity contribution in [3.05, 3.63) is 18.7 Å². The van der Waals surface area contributed by atoms with Crippen molar-refractivity contribution in [2.24, 2.45) is 7.05 Å². The molecule has 0 fully saturated rings. The van der Waals surface area contributed by atoms with Crippen molar-refractivity contribution in [3.8, 4) is 0 Å². The zero-order valence-electron chi connectivity index (χ0n) is 8.44. The first-order valence-corrected chi connectivity index (χ1v) is 4.39. The lowest BCUT2D eigenvalue weighted by atomic mass is 10.5. The van der Waals surface area contributed by atoms with E-state index in [-0.39, 0.29) is 23.0 Å². The molecular weight excluding hydrogens is 248 g/mol. The lowest BCUT2D eigenvalue weighted by Gasteiger charge is -1.99. The third-order valence-corrected chi connectivity index (χ3v) is 1.60. The molecule has 5 heteroatoms. The highest BCUT2D eigenvalue weighted by molar-refractivity contribution is 5.67. The lowest BCUT2D eigenvalue weighted by Crippen LogP contribution is -3.00. The molecule has 0 N–H and O–H groups in total. The summed E-state index contributed by atoms with van der Waals surface area (Å²) in [6.45, 7) is 2.77. The molecule has 1 heterocycles. The summed E-state index contributed by atoms with van der Waals surface area (Å²) in [5, 5.41) is 0. The van der Waals surface area contributed by atoms with E-state index in [1.807, 2.05) is 37.3 Å². The number of nitrogens with zero attached hydrogens (tertiary/aromatic N) is 2. The first kappa shape index (κ1) is 13.2. The largest absolute Gasteiger partial charge is 1.00 e. The molecule has 0 aliphatic heterocycles. The SMILES string of the molecule is CCCOC(=O)C[n+]1ccn(C)c1.[Br-]. The summed E-state index contributed by atoms with van der Waals surface area (Å²) in [6, 6.07) is 0. The summed E-state index contributed by atoms with van der Waals surface area (Å²) in [7, 11) is 1.91. The number of halogens is 1. The summed E-state index contributed by atoms with van der Waals surface area (Å²) in [4.78, 5) is 11.1. The van der Waals surface area contributed by atoms with Crippen molar-refractivity contribution in [3.63, 3.8) is 0 Å². The van der Waals surface area contributed by atoms with E-state index in [9.17, 15) is 4.79 Å². The Balaban J connectivity index is 0.00000169. The van der Waals surface area contributed by atoms with Gasteiger partial charge in [0.1, 0.15) is 12.4 Å². The van der Waals surface area contributed by atoms with Gasteiger partial charge in [0, 0.05) is 0 Å².